The van der Waals surface area contributed by atoms with Crippen LogP contribution in [0.3, 0.4) is 0 Å². The number of carbonyl (C=O) groups is 1. The van der Waals surface area contributed by atoms with Crippen LogP contribution in [0.15, 0.2) is 24.3 Å². The van der Waals surface area contributed by atoms with Gasteiger partial charge in [-0.15, -0.1) is 0 Å². The zero-order chi connectivity index (χ0) is 14.6. The Balaban J connectivity index is 2.78. The fourth-order valence-corrected chi connectivity index (χ4v) is 2.04. The first-order valence-corrected chi connectivity index (χ1v) is 6.84. The molecule has 106 valence electrons. The molecule has 1 rings (SSSR count). The van der Waals surface area contributed by atoms with E-state index in [2.05, 4.69) is 45.0 Å². The Bertz CT molecular complexity index is 415. The minimum absolute atomic E-state index is 0.0543. The number of nitrogens with one attached hydrogen (secondary N) is 1. The molecule has 0 aliphatic heterocycles. The lowest BCUT2D eigenvalue weighted by atomic mass is 9.87. The Kier molecular flexibility index (Phi) is 5.12. The summed E-state index contributed by atoms with van der Waals surface area (Å²) in [6.07, 6.45) is 0. The van der Waals surface area contributed by atoms with E-state index < -0.39 is 5.97 Å². The van der Waals surface area contributed by atoms with Crippen LogP contribution < -0.4 is 10.0 Å². The topological polar surface area (TPSA) is 44.6 Å². The van der Waals surface area contributed by atoms with Crippen LogP contribution in [0, 0.1) is 0 Å². The van der Waals surface area contributed by atoms with E-state index in [1.54, 1.807) is 0 Å². The van der Waals surface area contributed by atoms with Gasteiger partial charge in [-0.1, -0.05) is 45.0 Å². The average molecular weight is 263 g/mol. The van der Waals surface area contributed by atoms with Gasteiger partial charge in [-0.05, 0) is 24.8 Å². The van der Waals surface area contributed by atoms with Crippen LogP contribution in [0.4, 0.5) is 0 Å². The highest BCUT2D eigenvalue weighted by Crippen LogP contribution is 2.21. The van der Waals surface area contributed by atoms with E-state index in [-0.39, 0.29) is 18.0 Å². The maximum atomic E-state index is 10.8. The highest BCUT2D eigenvalue weighted by molar-refractivity contribution is 5.65. The molecule has 19 heavy (non-hydrogen) atoms. The molecule has 1 atom stereocenters. The van der Waals surface area contributed by atoms with Crippen LogP contribution in [-0.4, -0.2) is 18.6 Å². The fourth-order valence-electron chi connectivity index (χ4n) is 2.04. The third-order valence-electron chi connectivity index (χ3n) is 3.44. The van der Waals surface area contributed by atoms with Crippen LogP contribution in [-0.2, 0) is 16.8 Å². The van der Waals surface area contributed by atoms with E-state index in [4.69, 9.17) is 0 Å². The number of rotatable bonds is 5. The van der Waals surface area contributed by atoms with Crippen molar-refractivity contribution in [1.82, 2.24) is 0 Å². The number of hydrogen-bond acceptors (Lipinski definition) is 2. The van der Waals surface area contributed by atoms with Gasteiger partial charge in [0.05, 0.1) is 12.0 Å². The zero-order valence-electron chi connectivity index (χ0n) is 12.6. The quantitative estimate of drug-likeness (QED) is 0.842. The van der Waals surface area contributed by atoms with Gasteiger partial charge < -0.3 is 14.8 Å². The van der Waals surface area contributed by atoms with Crippen molar-refractivity contribution < 1.29 is 14.8 Å². The predicted molar refractivity (Wildman–Crippen MR) is 74.8 cm³/mol. The number of carboxylic acids is 1. The van der Waals surface area contributed by atoms with E-state index in [0.29, 0.717) is 0 Å². The molecule has 1 aromatic rings. The molecule has 0 saturated heterocycles. The molecule has 1 aromatic carbocycles. The molecule has 1 unspecified atom stereocenters. The largest absolute Gasteiger partial charge is 0.544 e. The summed E-state index contributed by atoms with van der Waals surface area (Å²) < 4.78 is 0. The third-order valence-corrected chi connectivity index (χ3v) is 3.44. The first kappa shape index (κ1) is 15.7. The number of aliphatic carboxylic acids is 1. The Morgan fingerprint density at radius 3 is 2.11 bits per heavy atom. The van der Waals surface area contributed by atoms with Crippen molar-refractivity contribution in [2.45, 2.75) is 52.6 Å². The second-order valence-electron chi connectivity index (χ2n) is 6.49. The summed E-state index contributed by atoms with van der Waals surface area (Å²) in [5.74, 6) is -0.991. The molecule has 3 heteroatoms. The highest BCUT2D eigenvalue weighted by Gasteiger charge is 2.16. The molecule has 0 aliphatic rings. The van der Waals surface area contributed by atoms with Gasteiger partial charge in [0.25, 0.3) is 0 Å². The molecule has 0 aromatic heterocycles. The van der Waals surface area contributed by atoms with Gasteiger partial charge in [0, 0.05) is 5.56 Å². The van der Waals surface area contributed by atoms with Crippen molar-refractivity contribution in [3.05, 3.63) is 35.4 Å². The summed E-state index contributed by atoms with van der Waals surface area (Å²) in [5.41, 5.74) is 2.61. The lowest BCUT2D eigenvalue weighted by Gasteiger charge is -2.24. The van der Waals surface area contributed by atoms with E-state index >= 15 is 0 Å². The number of hydrogen-bond donors (Lipinski definition) is 1. The predicted octanol–water partition coefficient (Wildman–Crippen LogP) is 0.527. The molecule has 0 amide bonds. The number of carboxylic acid groups (broad SMARTS) is 1. The van der Waals surface area contributed by atoms with Crippen LogP contribution in [0.5, 0.6) is 0 Å². The highest BCUT2D eigenvalue weighted by atomic mass is 16.4. The monoisotopic (exact) mass is 263 g/mol. The standard InChI is InChI=1S/C16H25NO2/c1-12(2)17(11-15(18)19)10-13-6-8-14(9-7-13)16(3,4)5/h6-9,12H,10-11H2,1-5H3,(H,18,19). The summed E-state index contributed by atoms with van der Waals surface area (Å²) in [4.78, 5) is 11.8. The van der Waals surface area contributed by atoms with Crippen LogP contribution >= 0.6 is 0 Å². The molecule has 1 N–H and O–H groups in total. The van der Waals surface area contributed by atoms with Crippen molar-refractivity contribution in [2.24, 2.45) is 0 Å². The van der Waals surface area contributed by atoms with E-state index in [1.165, 1.54) is 5.56 Å². The summed E-state index contributed by atoms with van der Waals surface area (Å²) in [6.45, 7) is 11.4. The normalized spacial score (nSPS) is 13.6. The Labute approximate surface area is 116 Å². The average Bonchev–Trinajstić information content (AvgIpc) is 2.27. The molecule has 3 nitrogen and oxygen atoms in total. The second kappa shape index (κ2) is 6.20. The van der Waals surface area contributed by atoms with Gasteiger partial charge in [0.1, 0.15) is 13.1 Å². The number of quaternary nitrogens is 1. The smallest absolute Gasteiger partial charge is 0.118 e. The first-order valence-electron chi connectivity index (χ1n) is 6.84. The number of carbonyl (C=O) groups excluding carboxylic acids is 1. The summed E-state index contributed by atoms with van der Waals surface area (Å²) in [6, 6.07) is 8.72. The van der Waals surface area contributed by atoms with Crippen molar-refractivity contribution in [2.75, 3.05) is 6.54 Å². The van der Waals surface area contributed by atoms with Crippen LogP contribution in [0.1, 0.15) is 45.7 Å². The Morgan fingerprint density at radius 1 is 1.21 bits per heavy atom. The molecule has 0 bridgehead atoms. The van der Waals surface area contributed by atoms with Crippen molar-refractivity contribution in [1.29, 1.82) is 0 Å². The molecule has 0 saturated carbocycles. The second-order valence-corrected chi connectivity index (χ2v) is 6.49. The molecule has 0 heterocycles. The SMILES string of the molecule is CC(C)[NH+](CC(=O)[O-])Cc1ccc(C(C)(C)C)cc1. The maximum Gasteiger partial charge on any atom is 0.118 e. The lowest BCUT2D eigenvalue weighted by molar-refractivity contribution is -0.929. The van der Waals surface area contributed by atoms with E-state index in [1.807, 2.05) is 13.8 Å². The maximum absolute atomic E-state index is 10.8. The lowest BCUT2D eigenvalue weighted by Crippen LogP contribution is -3.15. The number of benzene rings is 1. The van der Waals surface area contributed by atoms with E-state index in [9.17, 15) is 9.90 Å². The van der Waals surface area contributed by atoms with Gasteiger partial charge >= 0.3 is 0 Å². The molecule has 0 fully saturated rings. The van der Waals surface area contributed by atoms with Gasteiger partial charge in [-0.25, -0.2) is 0 Å². The van der Waals surface area contributed by atoms with Crippen molar-refractivity contribution in [3.63, 3.8) is 0 Å². The molecule has 0 aliphatic carbocycles. The first-order chi connectivity index (χ1) is 8.70. The zero-order valence-corrected chi connectivity index (χ0v) is 12.6. The molecular formula is C16H25NO2. The van der Waals surface area contributed by atoms with Crippen LogP contribution in [0.25, 0.3) is 0 Å². The summed E-state index contributed by atoms with van der Waals surface area (Å²) in [7, 11) is 0. The Hall–Kier alpha value is -1.35. The van der Waals surface area contributed by atoms with Gasteiger partial charge in [0.2, 0.25) is 0 Å². The van der Waals surface area contributed by atoms with Crippen LogP contribution in [0.2, 0.25) is 0 Å². The van der Waals surface area contributed by atoms with Crippen molar-refractivity contribution >= 4 is 5.97 Å². The van der Waals surface area contributed by atoms with Gasteiger partial charge in [-0.2, -0.15) is 0 Å². The summed E-state index contributed by atoms with van der Waals surface area (Å²) in [5, 5.41) is 10.8. The van der Waals surface area contributed by atoms with Crippen molar-refractivity contribution in [3.8, 4) is 0 Å². The third kappa shape index (κ3) is 5.03. The van der Waals surface area contributed by atoms with E-state index in [0.717, 1.165) is 17.0 Å². The molecular weight excluding hydrogens is 238 g/mol. The Morgan fingerprint density at radius 2 is 1.74 bits per heavy atom. The van der Waals surface area contributed by atoms with Gasteiger partial charge in [-0.3, -0.25) is 0 Å². The van der Waals surface area contributed by atoms with Gasteiger partial charge in [0.15, 0.2) is 0 Å². The fraction of sp³-hybridized carbons (Fsp3) is 0.562. The minimum atomic E-state index is -0.991. The minimum Gasteiger partial charge on any atom is -0.544 e. The molecule has 0 radical (unpaired) electrons. The summed E-state index contributed by atoms with van der Waals surface area (Å²) >= 11 is 0. The molecule has 0 spiro atoms.